The number of methoxy groups -OCH3 is 1. The third kappa shape index (κ3) is 3.47. The lowest BCUT2D eigenvalue weighted by Gasteiger charge is -2.26. The maximum Gasteiger partial charge on any atom is 0.118 e. The van der Waals surface area contributed by atoms with Gasteiger partial charge in [0, 0.05) is 12.6 Å². The molecule has 0 amide bonds. The van der Waals surface area contributed by atoms with Crippen molar-refractivity contribution in [2.45, 2.75) is 31.7 Å². The predicted octanol–water partition coefficient (Wildman–Crippen LogP) is 2.47. The molecule has 2 rings (SSSR count). The second kappa shape index (κ2) is 6.76. The zero-order valence-corrected chi connectivity index (χ0v) is 11.2. The third-order valence-corrected chi connectivity index (χ3v) is 3.92. The molecule has 100 valence electrons. The van der Waals surface area contributed by atoms with Crippen molar-refractivity contribution in [3.05, 3.63) is 29.8 Å². The second-order valence-corrected chi connectivity index (χ2v) is 5.10. The van der Waals surface area contributed by atoms with Gasteiger partial charge in [-0.15, -0.1) is 0 Å². The summed E-state index contributed by atoms with van der Waals surface area (Å²) < 4.78 is 5.17. The molecule has 3 heteroatoms. The van der Waals surface area contributed by atoms with E-state index >= 15 is 0 Å². The maximum absolute atomic E-state index is 5.84. The number of hydrogen-bond donors (Lipinski definition) is 2. The van der Waals surface area contributed by atoms with Crippen molar-refractivity contribution in [2.24, 2.45) is 11.7 Å². The molecular weight excluding hydrogens is 224 g/mol. The Morgan fingerprint density at radius 3 is 2.56 bits per heavy atom. The molecule has 0 heterocycles. The fourth-order valence-corrected chi connectivity index (χ4v) is 2.42. The second-order valence-electron chi connectivity index (χ2n) is 5.10. The van der Waals surface area contributed by atoms with Gasteiger partial charge in [0.1, 0.15) is 5.75 Å². The fraction of sp³-hybridized carbons (Fsp3) is 0.600. The van der Waals surface area contributed by atoms with Crippen molar-refractivity contribution in [3.8, 4) is 5.75 Å². The van der Waals surface area contributed by atoms with Crippen molar-refractivity contribution in [1.82, 2.24) is 5.32 Å². The quantitative estimate of drug-likeness (QED) is 0.779. The van der Waals surface area contributed by atoms with Crippen LogP contribution in [0, 0.1) is 5.92 Å². The summed E-state index contributed by atoms with van der Waals surface area (Å²) in [4.78, 5) is 0. The summed E-state index contributed by atoms with van der Waals surface area (Å²) in [5, 5.41) is 3.56. The number of rotatable bonds is 7. The molecule has 0 aliphatic heterocycles. The summed E-state index contributed by atoms with van der Waals surface area (Å²) >= 11 is 0. The molecule has 3 N–H and O–H groups in total. The fourth-order valence-electron chi connectivity index (χ4n) is 2.42. The van der Waals surface area contributed by atoms with Crippen LogP contribution in [0.25, 0.3) is 0 Å². The Hall–Kier alpha value is -1.06. The van der Waals surface area contributed by atoms with Gasteiger partial charge in [-0.3, -0.25) is 0 Å². The minimum atomic E-state index is 0.260. The first-order chi connectivity index (χ1) is 8.83. The van der Waals surface area contributed by atoms with E-state index in [-0.39, 0.29) is 6.04 Å². The monoisotopic (exact) mass is 248 g/mol. The van der Waals surface area contributed by atoms with Crippen LogP contribution in [-0.4, -0.2) is 20.2 Å². The highest BCUT2D eigenvalue weighted by molar-refractivity contribution is 5.29. The molecule has 1 aromatic carbocycles. The SMILES string of the molecule is COc1ccc(C(CN)NCCC2CCC2)cc1. The Bertz CT molecular complexity index is 346. The molecule has 1 fully saturated rings. The lowest BCUT2D eigenvalue weighted by atomic mass is 9.83. The van der Waals surface area contributed by atoms with E-state index in [1.807, 2.05) is 12.1 Å². The molecule has 1 aliphatic rings. The highest BCUT2D eigenvalue weighted by Crippen LogP contribution is 2.29. The van der Waals surface area contributed by atoms with Gasteiger partial charge in [-0.25, -0.2) is 0 Å². The van der Waals surface area contributed by atoms with Crippen molar-refractivity contribution in [3.63, 3.8) is 0 Å². The Kier molecular flexibility index (Phi) is 5.02. The van der Waals surface area contributed by atoms with Crippen LogP contribution in [-0.2, 0) is 0 Å². The molecule has 0 spiro atoms. The van der Waals surface area contributed by atoms with Crippen LogP contribution in [0.4, 0.5) is 0 Å². The van der Waals surface area contributed by atoms with Gasteiger partial charge in [-0.1, -0.05) is 31.4 Å². The van der Waals surface area contributed by atoms with Crippen LogP contribution in [0.15, 0.2) is 24.3 Å². The summed E-state index contributed by atoms with van der Waals surface area (Å²) in [6.07, 6.45) is 5.53. The predicted molar refractivity (Wildman–Crippen MR) is 74.8 cm³/mol. The Labute approximate surface area is 110 Å². The standard InChI is InChI=1S/C15H24N2O/c1-18-14-7-5-13(6-8-14)15(11-16)17-10-9-12-3-2-4-12/h5-8,12,15,17H,2-4,9-11,16H2,1H3. The van der Waals surface area contributed by atoms with Crippen molar-refractivity contribution in [1.29, 1.82) is 0 Å². The number of nitrogens with two attached hydrogens (primary N) is 1. The van der Waals surface area contributed by atoms with E-state index in [1.165, 1.54) is 31.2 Å². The van der Waals surface area contributed by atoms with Gasteiger partial charge in [0.05, 0.1) is 7.11 Å². The number of benzene rings is 1. The molecular formula is C15H24N2O. The van der Waals surface area contributed by atoms with E-state index in [0.29, 0.717) is 6.54 Å². The number of hydrogen-bond acceptors (Lipinski definition) is 3. The molecule has 1 atom stereocenters. The van der Waals surface area contributed by atoms with Gasteiger partial charge < -0.3 is 15.8 Å². The molecule has 3 nitrogen and oxygen atoms in total. The first-order valence-electron chi connectivity index (χ1n) is 6.91. The first kappa shape index (κ1) is 13.4. The minimum absolute atomic E-state index is 0.260. The van der Waals surface area contributed by atoms with Crippen LogP contribution in [0.1, 0.15) is 37.3 Å². The normalized spacial score (nSPS) is 17.2. The number of nitrogens with one attached hydrogen (secondary N) is 1. The van der Waals surface area contributed by atoms with Gasteiger partial charge in [0.2, 0.25) is 0 Å². The highest BCUT2D eigenvalue weighted by Gasteiger charge is 2.17. The Balaban J connectivity index is 1.81. The molecule has 0 bridgehead atoms. The van der Waals surface area contributed by atoms with Gasteiger partial charge in [-0.05, 0) is 36.6 Å². The lowest BCUT2D eigenvalue weighted by molar-refractivity contribution is 0.288. The van der Waals surface area contributed by atoms with Crippen LogP contribution in [0.3, 0.4) is 0 Å². The zero-order valence-electron chi connectivity index (χ0n) is 11.2. The van der Waals surface area contributed by atoms with E-state index in [9.17, 15) is 0 Å². The van der Waals surface area contributed by atoms with Crippen LogP contribution in [0.2, 0.25) is 0 Å². The highest BCUT2D eigenvalue weighted by atomic mass is 16.5. The smallest absolute Gasteiger partial charge is 0.118 e. The molecule has 0 saturated heterocycles. The Morgan fingerprint density at radius 1 is 1.33 bits per heavy atom. The van der Waals surface area contributed by atoms with E-state index in [2.05, 4.69) is 17.4 Å². The van der Waals surface area contributed by atoms with Crippen molar-refractivity contribution >= 4 is 0 Å². The topological polar surface area (TPSA) is 47.3 Å². The summed E-state index contributed by atoms with van der Waals surface area (Å²) in [7, 11) is 1.69. The molecule has 18 heavy (non-hydrogen) atoms. The average Bonchev–Trinajstić information content (AvgIpc) is 2.37. The van der Waals surface area contributed by atoms with Gasteiger partial charge in [-0.2, -0.15) is 0 Å². The van der Waals surface area contributed by atoms with Crippen molar-refractivity contribution < 1.29 is 4.74 Å². The maximum atomic E-state index is 5.84. The summed E-state index contributed by atoms with van der Waals surface area (Å²) in [6, 6.07) is 8.42. The van der Waals surface area contributed by atoms with Crippen LogP contribution < -0.4 is 15.8 Å². The van der Waals surface area contributed by atoms with E-state index in [4.69, 9.17) is 10.5 Å². The van der Waals surface area contributed by atoms with E-state index in [1.54, 1.807) is 7.11 Å². The molecule has 1 aliphatic carbocycles. The molecule has 0 radical (unpaired) electrons. The lowest BCUT2D eigenvalue weighted by Crippen LogP contribution is -2.30. The number of ether oxygens (including phenoxy) is 1. The third-order valence-electron chi connectivity index (χ3n) is 3.92. The van der Waals surface area contributed by atoms with Gasteiger partial charge in [0.25, 0.3) is 0 Å². The summed E-state index contributed by atoms with van der Waals surface area (Å²) in [5.74, 6) is 1.84. The summed E-state index contributed by atoms with van der Waals surface area (Å²) in [6.45, 7) is 1.70. The summed E-state index contributed by atoms with van der Waals surface area (Å²) in [5.41, 5.74) is 7.09. The minimum Gasteiger partial charge on any atom is -0.497 e. The van der Waals surface area contributed by atoms with Gasteiger partial charge in [0.15, 0.2) is 0 Å². The van der Waals surface area contributed by atoms with E-state index < -0.39 is 0 Å². The first-order valence-corrected chi connectivity index (χ1v) is 6.91. The van der Waals surface area contributed by atoms with Crippen molar-refractivity contribution in [2.75, 3.05) is 20.2 Å². The van der Waals surface area contributed by atoms with Crippen LogP contribution in [0.5, 0.6) is 5.75 Å². The molecule has 1 unspecified atom stereocenters. The Morgan fingerprint density at radius 2 is 2.06 bits per heavy atom. The van der Waals surface area contributed by atoms with E-state index in [0.717, 1.165) is 18.2 Å². The average molecular weight is 248 g/mol. The largest absolute Gasteiger partial charge is 0.497 e. The molecule has 1 saturated carbocycles. The molecule has 1 aromatic rings. The van der Waals surface area contributed by atoms with Gasteiger partial charge >= 0.3 is 0 Å². The van der Waals surface area contributed by atoms with Crippen LogP contribution >= 0.6 is 0 Å². The zero-order chi connectivity index (χ0) is 12.8. The molecule has 0 aromatic heterocycles.